The van der Waals surface area contributed by atoms with Crippen LogP contribution in [0.25, 0.3) is 0 Å². The van der Waals surface area contributed by atoms with Crippen molar-refractivity contribution in [3.8, 4) is 0 Å². The van der Waals surface area contributed by atoms with E-state index < -0.39 is 5.97 Å². The Labute approximate surface area is 110 Å². The fourth-order valence-electron chi connectivity index (χ4n) is 1.79. The highest BCUT2D eigenvalue weighted by Gasteiger charge is 2.16. The van der Waals surface area contributed by atoms with Crippen LogP contribution in [0.2, 0.25) is 0 Å². The fourth-order valence-corrected chi connectivity index (χ4v) is 1.79. The number of carbonyl (C=O) groups is 1. The molecule has 0 amide bonds. The SMILES string of the molecule is CN(Cc1nccn1C)c1nccc(C(=O)O)c1N. The smallest absolute Gasteiger partial charge is 0.337 e. The molecule has 2 aromatic heterocycles. The zero-order valence-electron chi connectivity index (χ0n) is 10.7. The van der Waals surface area contributed by atoms with Gasteiger partial charge in [-0.3, -0.25) is 0 Å². The molecule has 0 aliphatic rings. The second kappa shape index (κ2) is 4.97. The Bertz CT molecular complexity index is 608. The summed E-state index contributed by atoms with van der Waals surface area (Å²) >= 11 is 0. The molecule has 0 saturated carbocycles. The molecule has 0 unspecified atom stereocenters. The van der Waals surface area contributed by atoms with Crippen molar-refractivity contribution in [3.05, 3.63) is 36.0 Å². The summed E-state index contributed by atoms with van der Waals surface area (Å²) in [5.41, 5.74) is 6.05. The molecule has 7 nitrogen and oxygen atoms in total. The van der Waals surface area contributed by atoms with Gasteiger partial charge in [0.1, 0.15) is 5.82 Å². The average Bonchev–Trinajstić information content (AvgIpc) is 2.74. The predicted octanol–water partition coefficient (Wildman–Crippen LogP) is 0.732. The minimum absolute atomic E-state index is 0.0525. The molecular weight excluding hydrogens is 246 g/mol. The van der Waals surface area contributed by atoms with Gasteiger partial charge in [0.15, 0.2) is 5.82 Å². The topological polar surface area (TPSA) is 97.3 Å². The second-order valence-electron chi connectivity index (χ2n) is 4.21. The third-order valence-corrected chi connectivity index (χ3v) is 2.86. The van der Waals surface area contributed by atoms with Gasteiger partial charge >= 0.3 is 5.97 Å². The van der Waals surface area contributed by atoms with Crippen molar-refractivity contribution < 1.29 is 9.90 Å². The number of rotatable bonds is 4. The number of nitrogens with two attached hydrogens (primary N) is 1. The molecule has 0 atom stereocenters. The molecule has 0 aliphatic carbocycles. The van der Waals surface area contributed by atoms with Crippen molar-refractivity contribution in [1.82, 2.24) is 14.5 Å². The summed E-state index contributed by atoms with van der Waals surface area (Å²) in [6.07, 6.45) is 4.98. The molecule has 0 bridgehead atoms. The first-order chi connectivity index (χ1) is 9.00. The van der Waals surface area contributed by atoms with Crippen LogP contribution < -0.4 is 10.6 Å². The summed E-state index contributed by atoms with van der Waals surface area (Å²) in [4.78, 5) is 21.1. The van der Waals surface area contributed by atoms with E-state index in [0.29, 0.717) is 12.4 Å². The highest BCUT2D eigenvalue weighted by Crippen LogP contribution is 2.23. The zero-order chi connectivity index (χ0) is 14.0. The lowest BCUT2D eigenvalue weighted by molar-refractivity contribution is 0.0698. The molecule has 2 heterocycles. The Morgan fingerprint density at radius 1 is 1.47 bits per heavy atom. The van der Waals surface area contributed by atoms with E-state index in [2.05, 4.69) is 9.97 Å². The van der Waals surface area contributed by atoms with Crippen LogP contribution in [0.1, 0.15) is 16.2 Å². The van der Waals surface area contributed by atoms with Crippen LogP contribution in [0.5, 0.6) is 0 Å². The van der Waals surface area contributed by atoms with Gasteiger partial charge in [-0.25, -0.2) is 14.8 Å². The first-order valence-electron chi connectivity index (χ1n) is 5.65. The van der Waals surface area contributed by atoms with Gasteiger partial charge < -0.3 is 20.3 Å². The number of hydrogen-bond donors (Lipinski definition) is 2. The number of hydrogen-bond acceptors (Lipinski definition) is 5. The number of carboxylic acids is 1. The number of carboxylic acid groups (broad SMARTS) is 1. The van der Waals surface area contributed by atoms with Crippen molar-refractivity contribution in [1.29, 1.82) is 0 Å². The van der Waals surface area contributed by atoms with Crippen molar-refractivity contribution in [2.45, 2.75) is 6.54 Å². The van der Waals surface area contributed by atoms with Crippen LogP contribution in [0.15, 0.2) is 24.7 Å². The highest BCUT2D eigenvalue weighted by atomic mass is 16.4. The molecule has 100 valence electrons. The molecule has 0 saturated heterocycles. The summed E-state index contributed by atoms with van der Waals surface area (Å²) < 4.78 is 1.88. The van der Waals surface area contributed by atoms with E-state index in [1.54, 1.807) is 18.1 Å². The monoisotopic (exact) mass is 261 g/mol. The molecule has 7 heteroatoms. The van der Waals surface area contributed by atoms with Crippen LogP contribution in [-0.2, 0) is 13.6 Å². The molecule has 0 aromatic carbocycles. The van der Waals surface area contributed by atoms with E-state index in [-0.39, 0.29) is 11.3 Å². The van der Waals surface area contributed by atoms with Crippen LogP contribution >= 0.6 is 0 Å². The number of aryl methyl sites for hydroxylation is 1. The maximum atomic E-state index is 11.0. The lowest BCUT2D eigenvalue weighted by atomic mass is 10.2. The normalized spacial score (nSPS) is 10.4. The number of imidazole rings is 1. The third-order valence-electron chi connectivity index (χ3n) is 2.86. The van der Waals surface area contributed by atoms with Crippen LogP contribution in [0.3, 0.4) is 0 Å². The molecule has 3 N–H and O–H groups in total. The Morgan fingerprint density at radius 3 is 2.79 bits per heavy atom. The Kier molecular flexibility index (Phi) is 3.37. The Morgan fingerprint density at radius 2 is 2.21 bits per heavy atom. The van der Waals surface area contributed by atoms with Gasteiger partial charge in [-0.05, 0) is 6.07 Å². The van der Waals surface area contributed by atoms with Gasteiger partial charge in [0.05, 0.1) is 17.8 Å². The lowest BCUT2D eigenvalue weighted by Gasteiger charge is -2.20. The lowest BCUT2D eigenvalue weighted by Crippen LogP contribution is -2.22. The molecule has 2 aromatic rings. The average molecular weight is 261 g/mol. The first-order valence-corrected chi connectivity index (χ1v) is 5.65. The van der Waals surface area contributed by atoms with E-state index in [9.17, 15) is 4.79 Å². The van der Waals surface area contributed by atoms with E-state index in [1.807, 2.05) is 17.8 Å². The summed E-state index contributed by atoms with van der Waals surface area (Å²) in [5, 5.41) is 9.03. The largest absolute Gasteiger partial charge is 0.478 e. The Hall–Kier alpha value is -2.57. The summed E-state index contributed by atoms with van der Waals surface area (Å²) in [6, 6.07) is 1.38. The number of nitrogen functional groups attached to an aromatic ring is 1. The number of aromatic nitrogens is 3. The van der Waals surface area contributed by atoms with Crippen molar-refractivity contribution in [2.24, 2.45) is 7.05 Å². The number of pyridine rings is 1. The van der Waals surface area contributed by atoms with E-state index in [4.69, 9.17) is 10.8 Å². The quantitative estimate of drug-likeness (QED) is 0.842. The molecule has 0 aliphatic heterocycles. The van der Waals surface area contributed by atoms with Crippen LogP contribution in [-0.4, -0.2) is 32.7 Å². The minimum Gasteiger partial charge on any atom is -0.478 e. The molecular formula is C12H15N5O2. The van der Waals surface area contributed by atoms with Gasteiger partial charge in [-0.1, -0.05) is 0 Å². The third kappa shape index (κ3) is 2.49. The van der Waals surface area contributed by atoms with Gasteiger partial charge in [-0.15, -0.1) is 0 Å². The van der Waals surface area contributed by atoms with E-state index in [1.165, 1.54) is 12.3 Å². The fraction of sp³-hybridized carbons (Fsp3) is 0.250. The van der Waals surface area contributed by atoms with Crippen molar-refractivity contribution in [3.63, 3.8) is 0 Å². The van der Waals surface area contributed by atoms with Gasteiger partial charge in [0.25, 0.3) is 0 Å². The zero-order valence-corrected chi connectivity index (χ0v) is 10.7. The maximum absolute atomic E-state index is 11.0. The van der Waals surface area contributed by atoms with Gasteiger partial charge in [0.2, 0.25) is 0 Å². The van der Waals surface area contributed by atoms with Gasteiger partial charge in [0, 0.05) is 32.7 Å². The van der Waals surface area contributed by atoms with E-state index >= 15 is 0 Å². The molecule has 0 fully saturated rings. The minimum atomic E-state index is -1.06. The summed E-state index contributed by atoms with van der Waals surface area (Å²) in [5.74, 6) is 0.207. The molecule has 2 rings (SSSR count). The van der Waals surface area contributed by atoms with Crippen LogP contribution in [0.4, 0.5) is 11.5 Å². The summed E-state index contributed by atoms with van der Waals surface area (Å²) in [7, 11) is 3.68. The van der Waals surface area contributed by atoms with E-state index in [0.717, 1.165) is 5.82 Å². The van der Waals surface area contributed by atoms with Crippen molar-refractivity contribution >= 4 is 17.5 Å². The predicted molar refractivity (Wildman–Crippen MR) is 70.9 cm³/mol. The van der Waals surface area contributed by atoms with Crippen molar-refractivity contribution in [2.75, 3.05) is 17.7 Å². The second-order valence-corrected chi connectivity index (χ2v) is 4.21. The molecule has 19 heavy (non-hydrogen) atoms. The standard InChI is InChI=1S/C12H15N5O2/c1-16-6-5-14-9(16)7-17(2)11-10(13)8(12(18)19)3-4-15-11/h3-6H,7,13H2,1-2H3,(H,18,19). The number of anilines is 2. The Balaban J connectivity index is 2.29. The number of aromatic carboxylic acids is 1. The van der Waals surface area contributed by atoms with Gasteiger partial charge in [-0.2, -0.15) is 0 Å². The first kappa shape index (κ1) is 12.9. The summed E-state index contributed by atoms with van der Waals surface area (Å²) in [6.45, 7) is 0.490. The molecule has 0 spiro atoms. The maximum Gasteiger partial charge on any atom is 0.337 e. The van der Waals surface area contributed by atoms with Crippen LogP contribution in [0, 0.1) is 0 Å². The molecule has 0 radical (unpaired) electrons. The highest BCUT2D eigenvalue weighted by molar-refractivity contribution is 5.96. The number of nitrogens with zero attached hydrogens (tertiary/aromatic N) is 4.